The van der Waals surface area contributed by atoms with Gasteiger partial charge in [0.05, 0.1) is 5.75 Å². The fraction of sp³-hybridized carbons (Fsp3) is 0.421. The maximum atomic E-state index is 12.6. The van der Waals surface area contributed by atoms with E-state index in [-0.39, 0.29) is 5.56 Å². The van der Waals surface area contributed by atoms with Crippen LogP contribution >= 0.6 is 11.8 Å². The zero-order valence-electron chi connectivity index (χ0n) is 16.5. The molecule has 0 fully saturated rings. The van der Waals surface area contributed by atoms with Crippen molar-refractivity contribution in [3.8, 4) is 0 Å². The van der Waals surface area contributed by atoms with Gasteiger partial charge >= 0.3 is 5.69 Å². The van der Waals surface area contributed by atoms with E-state index in [1.807, 2.05) is 33.4 Å². The van der Waals surface area contributed by atoms with E-state index in [0.29, 0.717) is 30.0 Å². The Morgan fingerprint density at radius 2 is 1.93 bits per heavy atom. The van der Waals surface area contributed by atoms with Gasteiger partial charge in [-0.1, -0.05) is 38.1 Å². The van der Waals surface area contributed by atoms with Crippen LogP contribution in [0.3, 0.4) is 0 Å². The van der Waals surface area contributed by atoms with Gasteiger partial charge in [-0.3, -0.25) is 18.7 Å². The number of rotatable bonds is 8. The van der Waals surface area contributed by atoms with Crippen molar-refractivity contribution in [2.24, 2.45) is 0 Å². The largest absolute Gasteiger partial charge is 0.330 e. The lowest BCUT2D eigenvalue weighted by Crippen LogP contribution is -2.31. The molecule has 0 radical (unpaired) electrons. The average molecular weight is 414 g/mol. The molecule has 0 aliphatic carbocycles. The second-order valence-electron chi connectivity index (χ2n) is 6.82. The SMILES string of the molecule is CCCCn1c(=O)[nH]c(=O)c2c1nc(CSc1nnc3ccccn13)n2CCC. The molecule has 4 aromatic heterocycles. The molecule has 0 saturated carbocycles. The smallest absolute Gasteiger partial charge is 0.321 e. The monoisotopic (exact) mass is 413 g/mol. The van der Waals surface area contributed by atoms with Crippen molar-refractivity contribution in [3.63, 3.8) is 0 Å². The standard InChI is InChI=1S/C19H23N7O2S/c1-3-5-10-26-16-15(17(27)21-18(26)28)24(9-4-2)14(20-16)12-29-19-23-22-13-8-6-7-11-25(13)19/h6-8,11H,3-5,9-10,12H2,1-2H3,(H,21,27,28). The molecular formula is C19H23N7O2S. The van der Waals surface area contributed by atoms with Crippen molar-refractivity contribution in [2.75, 3.05) is 0 Å². The highest BCUT2D eigenvalue weighted by Gasteiger charge is 2.19. The number of thioether (sulfide) groups is 1. The molecule has 152 valence electrons. The van der Waals surface area contributed by atoms with Gasteiger partial charge in [-0.15, -0.1) is 10.2 Å². The molecule has 1 N–H and O–H groups in total. The van der Waals surface area contributed by atoms with Crippen LogP contribution in [0, 0.1) is 0 Å². The first-order chi connectivity index (χ1) is 14.1. The maximum absolute atomic E-state index is 12.6. The fourth-order valence-electron chi connectivity index (χ4n) is 3.36. The number of fused-ring (bicyclic) bond motifs is 2. The Morgan fingerprint density at radius 1 is 1.07 bits per heavy atom. The molecule has 10 heteroatoms. The van der Waals surface area contributed by atoms with Crippen LogP contribution in [0.25, 0.3) is 16.8 Å². The number of hydrogen-bond donors (Lipinski definition) is 1. The lowest BCUT2D eigenvalue weighted by atomic mass is 10.3. The van der Waals surface area contributed by atoms with Gasteiger partial charge in [-0.2, -0.15) is 0 Å². The van der Waals surface area contributed by atoms with Crippen molar-refractivity contribution in [2.45, 2.75) is 57.1 Å². The molecule has 4 rings (SSSR count). The summed E-state index contributed by atoms with van der Waals surface area (Å²) in [4.78, 5) is 32.1. The predicted molar refractivity (Wildman–Crippen MR) is 112 cm³/mol. The molecule has 4 heterocycles. The predicted octanol–water partition coefficient (Wildman–Crippen LogP) is 2.43. The first-order valence-electron chi connectivity index (χ1n) is 9.78. The van der Waals surface area contributed by atoms with Crippen LogP contribution in [0.5, 0.6) is 0 Å². The summed E-state index contributed by atoms with van der Waals surface area (Å²) in [5.74, 6) is 1.27. The van der Waals surface area contributed by atoms with Crippen LogP contribution in [0.2, 0.25) is 0 Å². The van der Waals surface area contributed by atoms with E-state index in [9.17, 15) is 9.59 Å². The molecule has 0 spiro atoms. The number of aromatic nitrogens is 7. The van der Waals surface area contributed by atoms with Crippen LogP contribution in [-0.4, -0.2) is 33.7 Å². The number of nitrogens with zero attached hydrogens (tertiary/aromatic N) is 6. The minimum Gasteiger partial charge on any atom is -0.321 e. The number of unbranched alkanes of at least 4 members (excludes halogenated alkanes) is 1. The molecule has 0 saturated heterocycles. The van der Waals surface area contributed by atoms with Gasteiger partial charge in [0, 0.05) is 19.3 Å². The summed E-state index contributed by atoms with van der Waals surface area (Å²) >= 11 is 1.51. The number of nitrogens with one attached hydrogen (secondary N) is 1. The van der Waals surface area contributed by atoms with Crippen LogP contribution in [0.15, 0.2) is 39.1 Å². The molecule has 0 bridgehead atoms. The summed E-state index contributed by atoms with van der Waals surface area (Å²) in [5, 5.41) is 9.17. The Hall–Kier alpha value is -2.88. The zero-order chi connectivity index (χ0) is 20.4. The highest BCUT2D eigenvalue weighted by Crippen LogP contribution is 2.23. The first-order valence-corrected chi connectivity index (χ1v) is 10.8. The second kappa shape index (κ2) is 8.24. The van der Waals surface area contributed by atoms with Crippen molar-refractivity contribution in [1.29, 1.82) is 0 Å². The number of hydrogen-bond acceptors (Lipinski definition) is 6. The molecular weight excluding hydrogens is 390 g/mol. The lowest BCUT2D eigenvalue weighted by Gasteiger charge is -2.07. The van der Waals surface area contributed by atoms with Crippen LogP contribution in [-0.2, 0) is 18.8 Å². The number of H-pyrrole nitrogens is 1. The third-order valence-corrected chi connectivity index (χ3v) is 5.70. The van der Waals surface area contributed by atoms with E-state index in [4.69, 9.17) is 4.98 Å². The zero-order valence-corrected chi connectivity index (χ0v) is 17.3. The summed E-state index contributed by atoms with van der Waals surface area (Å²) in [6, 6.07) is 5.75. The molecule has 0 aliphatic heterocycles. The van der Waals surface area contributed by atoms with Gasteiger partial charge in [0.1, 0.15) is 5.82 Å². The van der Waals surface area contributed by atoms with Crippen LogP contribution in [0.1, 0.15) is 38.9 Å². The molecule has 29 heavy (non-hydrogen) atoms. The number of aryl methyl sites for hydroxylation is 2. The van der Waals surface area contributed by atoms with Gasteiger partial charge in [0.15, 0.2) is 22.0 Å². The Kier molecular flexibility index (Phi) is 5.52. The molecule has 0 aromatic carbocycles. The van der Waals surface area contributed by atoms with E-state index in [0.717, 1.165) is 35.9 Å². The summed E-state index contributed by atoms with van der Waals surface area (Å²) in [7, 11) is 0. The Morgan fingerprint density at radius 3 is 2.72 bits per heavy atom. The normalized spacial score (nSPS) is 11.7. The Labute approximate surface area is 170 Å². The molecule has 0 amide bonds. The maximum Gasteiger partial charge on any atom is 0.330 e. The summed E-state index contributed by atoms with van der Waals surface area (Å²) in [5.41, 5.74) is 0.913. The van der Waals surface area contributed by atoms with Crippen molar-refractivity contribution in [3.05, 3.63) is 51.1 Å². The number of aromatic amines is 1. The summed E-state index contributed by atoms with van der Waals surface area (Å²) in [6.07, 6.45) is 4.56. The molecule has 9 nitrogen and oxygen atoms in total. The van der Waals surface area contributed by atoms with Gasteiger partial charge < -0.3 is 4.57 Å². The van der Waals surface area contributed by atoms with E-state index < -0.39 is 5.69 Å². The third-order valence-electron chi connectivity index (χ3n) is 4.76. The van der Waals surface area contributed by atoms with Gasteiger partial charge in [0.2, 0.25) is 0 Å². The van der Waals surface area contributed by atoms with Gasteiger partial charge in [-0.05, 0) is 25.0 Å². The van der Waals surface area contributed by atoms with E-state index in [2.05, 4.69) is 29.0 Å². The van der Waals surface area contributed by atoms with Crippen molar-refractivity contribution < 1.29 is 0 Å². The Bertz CT molecular complexity index is 1270. The highest BCUT2D eigenvalue weighted by atomic mass is 32.2. The van der Waals surface area contributed by atoms with Crippen molar-refractivity contribution in [1.82, 2.24) is 33.7 Å². The van der Waals surface area contributed by atoms with E-state index >= 15 is 0 Å². The van der Waals surface area contributed by atoms with Crippen LogP contribution in [0.4, 0.5) is 0 Å². The molecule has 0 aliphatic rings. The molecule has 0 atom stereocenters. The third kappa shape index (κ3) is 3.59. The number of imidazole rings is 1. The fourth-order valence-corrected chi connectivity index (χ4v) is 4.23. The van der Waals surface area contributed by atoms with Crippen molar-refractivity contribution >= 4 is 28.6 Å². The number of pyridine rings is 1. The van der Waals surface area contributed by atoms with E-state index in [1.54, 1.807) is 4.57 Å². The average Bonchev–Trinajstić information content (AvgIpc) is 3.28. The second-order valence-corrected chi connectivity index (χ2v) is 7.76. The van der Waals surface area contributed by atoms with Gasteiger partial charge in [-0.25, -0.2) is 9.78 Å². The minimum atomic E-state index is -0.403. The molecule has 0 unspecified atom stereocenters. The van der Waals surface area contributed by atoms with E-state index in [1.165, 1.54) is 11.8 Å². The lowest BCUT2D eigenvalue weighted by molar-refractivity contribution is 0.612. The quantitative estimate of drug-likeness (QED) is 0.445. The summed E-state index contributed by atoms with van der Waals surface area (Å²) < 4.78 is 5.42. The summed E-state index contributed by atoms with van der Waals surface area (Å²) in [6.45, 7) is 5.31. The van der Waals surface area contributed by atoms with Crippen LogP contribution < -0.4 is 11.2 Å². The first kappa shape index (κ1) is 19.4. The topological polar surface area (TPSA) is 103 Å². The molecule has 4 aromatic rings. The van der Waals surface area contributed by atoms with Gasteiger partial charge in [0.25, 0.3) is 5.56 Å². The Balaban J connectivity index is 1.76. The minimum absolute atomic E-state index is 0.386. The highest BCUT2D eigenvalue weighted by molar-refractivity contribution is 7.98.